The molecule has 5 nitrogen and oxygen atoms in total. The van der Waals surface area contributed by atoms with E-state index >= 15 is 0 Å². The van der Waals surface area contributed by atoms with Gasteiger partial charge in [-0.2, -0.15) is 0 Å². The number of rotatable bonds is 1. The number of aliphatic hydroxyl groups is 1. The predicted molar refractivity (Wildman–Crippen MR) is 103 cm³/mol. The first kappa shape index (κ1) is 17.5. The van der Waals surface area contributed by atoms with Crippen molar-refractivity contribution in [3.8, 4) is 0 Å². The first-order valence-electron chi connectivity index (χ1n) is 11.3. The zero-order valence-corrected chi connectivity index (χ0v) is 16.6. The molecule has 1 heterocycles. The van der Waals surface area contributed by atoms with Crippen LogP contribution in [0.25, 0.3) is 0 Å². The van der Waals surface area contributed by atoms with Crippen LogP contribution in [0.5, 0.6) is 0 Å². The van der Waals surface area contributed by atoms with Crippen molar-refractivity contribution in [2.24, 2.45) is 52.0 Å². The fourth-order valence-electron chi connectivity index (χ4n) is 8.97. The summed E-state index contributed by atoms with van der Waals surface area (Å²) in [4.78, 5) is 12.1. The van der Waals surface area contributed by atoms with Crippen molar-refractivity contribution in [1.82, 2.24) is 0 Å². The molecular weight excluding hydrogens is 354 g/mol. The normalized spacial score (nSPS) is 55.2. The highest BCUT2D eigenvalue weighted by Gasteiger charge is 2.78. The highest BCUT2D eigenvalue weighted by atomic mass is 16.6. The first-order chi connectivity index (χ1) is 13.5. The number of allylic oxidation sites excluding steroid dienone is 1. The standard InChI is InChI=1S/C23H31NO4/c1-22-6-4-15-14-3-2-13(24-27)9-16(14)12(11-25)8-17(15)21(22)18-10-19(18)23(22)7-5-20(26)28-23/h9,12,14-15,17-19,21,25,27H,2-8,10-11H2,1H3/b24-13+/t12-,14+,15?,17?,18-,19+,21?,22-,23-/m0/s1. The molecule has 0 aromatic heterocycles. The van der Waals surface area contributed by atoms with Gasteiger partial charge in [0.2, 0.25) is 0 Å². The van der Waals surface area contributed by atoms with Gasteiger partial charge in [0.15, 0.2) is 0 Å². The second kappa shape index (κ2) is 5.62. The summed E-state index contributed by atoms with van der Waals surface area (Å²) < 4.78 is 6.16. The molecule has 4 saturated carbocycles. The van der Waals surface area contributed by atoms with Gasteiger partial charge in [-0.3, -0.25) is 4.79 Å². The van der Waals surface area contributed by atoms with Crippen LogP contribution in [0.3, 0.4) is 0 Å². The summed E-state index contributed by atoms with van der Waals surface area (Å²) in [5, 5.41) is 22.9. The molecule has 3 unspecified atom stereocenters. The van der Waals surface area contributed by atoms with E-state index in [0.29, 0.717) is 41.9 Å². The fourth-order valence-corrected chi connectivity index (χ4v) is 8.97. The summed E-state index contributed by atoms with van der Waals surface area (Å²) in [6.07, 6.45) is 10.1. The topological polar surface area (TPSA) is 79.1 Å². The van der Waals surface area contributed by atoms with E-state index in [1.807, 2.05) is 0 Å². The number of aliphatic hydroxyl groups excluding tert-OH is 1. The van der Waals surface area contributed by atoms with E-state index in [1.165, 1.54) is 18.4 Å². The fraction of sp³-hybridized carbons (Fsp3) is 0.826. The highest BCUT2D eigenvalue weighted by Crippen LogP contribution is 2.78. The van der Waals surface area contributed by atoms with Crippen LogP contribution in [-0.2, 0) is 9.53 Å². The van der Waals surface area contributed by atoms with Gasteiger partial charge >= 0.3 is 5.97 Å². The van der Waals surface area contributed by atoms with E-state index < -0.39 is 0 Å². The Morgan fingerprint density at radius 1 is 1.18 bits per heavy atom. The van der Waals surface area contributed by atoms with Crippen molar-refractivity contribution in [3.05, 3.63) is 11.6 Å². The lowest BCUT2D eigenvalue weighted by Crippen LogP contribution is -2.56. The number of carbonyl (C=O) groups is 1. The van der Waals surface area contributed by atoms with Crippen molar-refractivity contribution in [1.29, 1.82) is 0 Å². The molecule has 9 atom stereocenters. The molecule has 0 aromatic rings. The number of carbonyl (C=O) groups excluding carboxylic acids is 1. The minimum absolute atomic E-state index is 0.0137. The number of hydrogen-bond donors (Lipinski definition) is 2. The molecule has 0 amide bonds. The van der Waals surface area contributed by atoms with Crippen molar-refractivity contribution in [2.45, 2.75) is 63.9 Å². The Bertz CT molecular complexity index is 789. The zero-order chi connectivity index (χ0) is 19.3. The summed E-state index contributed by atoms with van der Waals surface area (Å²) in [6, 6.07) is 0. The molecule has 1 spiro atoms. The van der Waals surface area contributed by atoms with Gasteiger partial charge in [-0.05, 0) is 80.6 Å². The van der Waals surface area contributed by atoms with Crippen molar-refractivity contribution >= 4 is 11.7 Å². The number of fused-ring (bicyclic) bond motifs is 9. The maximum Gasteiger partial charge on any atom is 0.306 e. The summed E-state index contributed by atoms with van der Waals surface area (Å²) in [5.74, 6) is 3.94. The molecule has 152 valence electrons. The Balaban J connectivity index is 1.38. The van der Waals surface area contributed by atoms with Crippen LogP contribution in [0.4, 0.5) is 0 Å². The van der Waals surface area contributed by atoms with Gasteiger partial charge < -0.3 is 15.1 Å². The lowest BCUT2D eigenvalue weighted by Gasteiger charge is -2.58. The van der Waals surface area contributed by atoms with Crippen molar-refractivity contribution in [2.75, 3.05) is 6.61 Å². The van der Waals surface area contributed by atoms with Crippen LogP contribution in [-0.4, -0.2) is 34.2 Å². The average Bonchev–Trinajstić information content (AvgIpc) is 3.34. The van der Waals surface area contributed by atoms with Gasteiger partial charge in [0.1, 0.15) is 5.60 Å². The summed E-state index contributed by atoms with van der Waals surface area (Å²) in [5.41, 5.74) is 2.02. The zero-order valence-electron chi connectivity index (χ0n) is 16.6. The largest absolute Gasteiger partial charge is 0.458 e. The lowest BCUT2D eigenvalue weighted by molar-refractivity contribution is -0.175. The number of ether oxygens (including phenoxy) is 1. The van der Waals surface area contributed by atoms with Crippen LogP contribution in [0.2, 0.25) is 0 Å². The number of oxime groups is 1. The SMILES string of the molecule is C[C@]12CCC3C(C[C@@H](CO)C4=C/C(=N/O)CC[C@@H]43)C1[C@H]1C[C@H]1[C@@]21CCC(=O)O1. The van der Waals surface area contributed by atoms with E-state index in [0.717, 1.165) is 37.8 Å². The van der Waals surface area contributed by atoms with E-state index in [2.05, 4.69) is 18.2 Å². The third-order valence-electron chi connectivity index (χ3n) is 9.97. The van der Waals surface area contributed by atoms with Crippen LogP contribution < -0.4 is 0 Å². The highest BCUT2D eigenvalue weighted by molar-refractivity contribution is 5.96. The number of hydrogen-bond acceptors (Lipinski definition) is 5. The molecule has 28 heavy (non-hydrogen) atoms. The summed E-state index contributed by atoms with van der Waals surface area (Å²) in [7, 11) is 0. The third-order valence-corrected chi connectivity index (χ3v) is 9.97. The minimum atomic E-state index is -0.196. The molecule has 5 aliphatic carbocycles. The van der Waals surface area contributed by atoms with Crippen LogP contribution in [0.1, 0.15) is 58.3 Å². The maximum atomic E-state index is 12.1. The Morgan fingerprint density at radius 3 is 2.75 bits per heavy atom. The molecule has 2 N–H and O–H groups in total. The van der Waals surface area contributed by atoms with Gasteiger partial charge in [0, 0.05) is 30.3 Å². The van der Waals surface area contributed by atoms with Gasteiger partial charge in [-0.1, -0.05) is 17.7 Å². The monoisotopic (exact) mass is 385 g/mol. The Hall–Kier alpha value is -1.36. The predicted octanol–water partition coefficient (Wildman–Crippen LogP) is 3.54. The molecule has 6 aliphatic rings. The second-order valence-electron chi connectivity index (χ2n) is 10.7. The Kier molecular flexibility index (Phi) is 3.51. The number of nitrogens with zero attached hydrogens (tertiary/aromatic N) is 1. The summed E-state index contributed by atoms with van der Waals surface area (Å²) >= 11 is 0. The van der Waals surface area contributed by atoms with E-state index in [-0.39, 0.29) is 29.5 Å². The van der Waals surface area contributed by atoms with E-state index in [4.69, 9.17) is 4.74 Å². The first-order valence-corrected chi connectivity index (χ1v) is 11.3. The number of esters is 1. The smallest absolute Gasteiger partial charge is 0.306 e. The van der Waals surface area contributed by atoms with Crippen LogP contribution in [0, 0.1) is 46.8 Å². The Morgan fingerprint density at radius 2 is 2.04 bits per heavy atom. The average molecular weight is 386 g/mol. The second-order valence-corrected chi connectivity index (χ2v) is 10.7. The van der Waals surface area contributed by atoms with Crippen LogP contribution in [0.15, 0.2) is 16.8 Å². The van der Waals surface area contributed by atoms with Gasteiger partial charge in [0.25, 0.3) is 0 Å². The molecule has 0 radical (unpaired) electrons. The summed E-state index contributed by atoms with van der Waals surface area (Å²) in [6.45, 7) is 2.61. The Labute approximate surface area is 166 Å². The minimum Gasteiger partial charge on any atom is -0.458 e. The quantitative estimate of drug-likeness (QED) is 0.411. The van der Waals surface area contributed by atoms with Gasteiger partial charge in [-0.15, -0.1) is 0 Å². The molecule has 6 rings (SSSR count). The molecule has 5 fully saturated rings. The third kappa shape index (κ3) is 1.97. The van der Waals surface area contributed by atoms with E-state index in [9.17, 15) is 15.1 Å². The van der Waals surface area contributed by atoms with E-state index in [1.54, 1.807) is 0 Å². The maximum absolute atomic E-state index is 12.1. The molecular formula is C23H31NO4. The van der Waals surface area contributed by atoms with Gasteiger partial charge in [0.05, 0.1) is 5.71 Å². The lowest BCUT2D eigenvalue weighted by atomic mass is 9.47. The molecule has 0 bridgehead atoms. The van der Waals surface area contributed by atoms with Crippen LogP contribution >= 0.6 is 0 Å². The molecule has 5 heteroatoms. The van der Waals surface area contributed by atoms with Gasteiger partial charge in [-0.25, -0.2) is 0 Å². The molecule has 1 saturated heterocycles. The molecule has 1 aliphatic heterocycles. The molecule has 0 aromatic carbocycles. The van der Waals surface area contributed by atoms with Crippen molar-refractivity contribution in [3.63, 3.8) is 0 Å². The van der Waals surface area contributed by atoms with Crippen molar-refractivity contribution < 1.29 is 19.8 Å².